The van der Waals surface area contributed by atoms with Crippen molar-refractivity contribution in [1.82, 2.24) is 15.4 Å². The minimum absolute atomic E-state index is 0.210. The number of thioether (sulfide) groups is 1. The molecule has 6 heteroatoms. The van der Waals surface area contributed by atoms with E-state index in [-0.39, 0.29) is 11.8 Å². The van der Waals surface area contributed by atoms with Gasteiger partial charge in [0, 0.05) is 17.1 Å². The molecule has 0 spiro atoms. The van der Waals surface area contributed by atoms with Crippen molar-refractivity contribution >= 4 is 17.7 Å². The van der Waals surface area contributed by atoms with Gasteiger partial charge in [0.1, 0.15) is 0 Å². The molecule has 1 unspecified atom stereocenters. The number of rotatable bonds is 5. The summed E-state index contributed by atoms with van der Waals surface area (Å²) in [6, 6.07) is 11.5. The first-order chi connectivity index (χ1) is 10.1. The lowest BCUT2D eigenvalue weighted by Crippen LogP contribution is -2.35. The normalized spacial score (nSPS) is 12.0. The molecule has 5 nitrogen and oxygen atoms in total. The zero-order valence-electron chi connectivity index (χ0n) is 12.0. The first-order valence-electron chi connectivity index (χ1n) is 6.60. The zero-order valence-corrected chi connectivity index (χ0v) is 12.9. The Labute approximate surface area is 128 Å². The standard InChI is InChI=1S/C15H18N4OS/c1-10-8-11(2)18-15(17-10)21-9-13(14(20)19-16)12-6-4-3-5-7-12/h3-8,13H,9,16H2,1-2H3,(H,19,20). The Bertz CT molecular complexity index is 598. The molecule has 2 rings (SSSR count). The molecule has 1 heterocycles. The van der Waals surface area contributed by atoms with E-state index in [4.69, 9.17) is 5.84 Å². The van der Waals surface area contributed by atoms with Crippen molar-refractivity contribution in [2.45, 2.75) is 24.9 Å². The van der Waals surface area contributed by atoms with E-state index in [1.807, 2.05) is 50.2 Å². The van der Waals surface area contributed by atoms with Crippen LogP contribution in [0.25, 0.3) is 0 Å². The number of benzene rings is 1. The second kappa shape index (κ2) is 7.19. The van der Waals surface area contributed by atoms with Gasteiger partial charge in [-0.1, -0.05) is 42.1 Å². The zero-order chi connectivity index (χ0) is 15.2. The molecule has 0 fully saturated rings. The smallest absolute Gasteiger partial charge is 0.242 e. The van der Waals surface area contributed by atoms with E-state index in [2.05, 4.69) is 15.4 Å². The van der Waals surface area contributed by atoms with Crippen molar-refractivity contribution in [3.8, 4) is 0 Å². The van der Waals surface area contributed by atoms with E-state index in [1.54, 1.807) is 0 Å². The number of carbonyl (C=O) groups is 1. The van der Waals surface area contributed by atoms with Gasteiger partial charge in [-0.05, 0) is 25.5 Å². The molecule has 0 saturated carbocycles. The fourth-order valence-electron chi connectivity index (χ4n) is 2.03. The second-order valence-corrected chi connectivity index (χ2v) is 5.70. The Morgan fingerprint density at radius 3 is 2.43 bits per heavy atom. The Morgan fingerprint density at radius 2 is 1.86 bits per heavy atom. The van der Waals surface area contributed by atoms with E-state index in [0.29, 0.717) is 10.9 Å². The number of nitrogens with zero attached hydrogens (tertiary/aromatic N) is 2. The maximum Gasteiger partial charge on any atom is 0.242 e. The van der Waals surface area contributed by atoms with Gasteiger partial charge in [0.25, 0.3) is 0 Å². The van der Waals surface area contributed by atoms with Gasteiger partial charge < -0.3 is 0 Å². The van der Waals surface area contributed by atoms with Gasteiger partial charge in [0.2, 0.25) is 5.91 Å². The van der Waals surface area contributed by atoms with E-state index < -0.39 is 0 Å². The number of carbonyl (C=O) groups excluding carboxylic acids is 1. The first kappa shape index (κ1) is 15.5. The van der Waals surface area contributed by atoms with Gasteiger partial charge >= 0.3 is 0 Å². The molecule has 3 N–H and O–H groups in total. The van der Waals surface area contributed by atoms with Gasteiger partial charge in [-0.25, -0.2) is 15.8 Å². The third-order valence-corrected chi connectivity index (χ3v) is 3.94. The maximum atomic E-state index is 12.0. The highest BCUT2D eigenvalue weighted by atomic mass is 32.2. The molecular weight excluding hydrogens is 284 g/mol. The molecule has 1 atom stereocenters. The number of aryl methyl sites for hydroxylation is 2. The van der Waals surface area contributed by atoms with Crippen molar-refractivity contribution in [1.29, 1.82) is 0 Å². The van der Waals surface area contributed by atoms with Gasteiger partial charge in [-0.3, -0.25) is 10.2 Å². The third-order valence-electron chi connectivity index (χ3n) is 3.00. The van der Waals surface area contributed by atoms with Gasteiger partial charge in [-0.15, -0.1) is 0 Å². The fourth-order valence-corrected chi connectivity index (χ4v) is 3.10. The van der Waals surface area contributed by atoms with Crippen molar-refractivity contribution < 1.29 is 4.79 Å². The number of nitrogens with one attached hydrogen (secondary N) is 1. The van der Waals surface area contributed by atoms with E-state index in [9.17, 15) is 4.79 Å². The Kier molecular flexibility index (Phi) is 5.30. The summed E-state index contributed by atoms with van der Waals surface area (Å²) in [5.74, 6) is 5.29. The molecule has 21 heavy (non-hydrogen) atoms. The lowest BCUT2D eigenvalue weighted by atomic mass is 10.0. The van der Waals surface area contributed by atoms with Gasteiger partial charge in [0.15, 0.2) is 5.16 Å². The molecule has 2 aromatic rings. The number of hydrazine groups is 1. The summed E-state index contributed by atoms with van der Waals surface area (Å²) in [5.41, 5.74) is 5.00. The quantitative estimate of drug-likeness (QED) is 0.290. The van der Waals surface area contributed by atoms with Crippen LogP contribution in [0.2, 0.25) is 0 Å². The van der Waals surface area contributed by atoms with Crippen molar-refractivity contribution in [3.05, 3.63) is 53.3 Å². The number of amides is 1. The molecule has 0 aliphatic rings. The summed E-state index contributed by atoms with van der Waals surface area (Å²) in [7, 11) is 0. The molecule has 1 amide bonds. The largest absolute Gasteiger partial charge is 0.294 e. The lowest BCUT2D eigenvalue weighted by molar-refractivity contribution is -0.122. The van der Waals surface area contributed by atoms with Crippen LogP contribution in [0.3, 0.4) is 0 Å². The lowest BCUT2D eigenvalue weighted by Gasteiger charge is -2.15. The predicted octanol–water partition coefficient (Wildman–Crippen LogP) is 1.96. The topological polar surface area (TPSA) is 80.9 Å². The average Bonchev–Trinajstić information content (AvgIpc) is 2.47. The van der Waals surface area contributed by atoms with E-state index >= 15 is 0 Å². The molecule has 1 aromatic carbocycles. The number of aromatic nitrogens is 2. The predicted molar refractivity (Wildman–Crippen MR) is 83.7 cm³/mol. The number of hydrogen-bond acceptors (Lipinski definition) is 5. The Morgan fingerprint density at radius 1 is 1.24 bits per heavy atom. The van der Waals surface area contributed by atoms with Crippen LogP contribution < -0.4 is 11.3 Å². The third kappa shape index (κ3) is 4.27. The van der Waals surface area contributed by atoms with Crippen LogP contribution in [0, 0.1) is 13.8 Å². The van der Waals surface area contributed by atoms with E-state index in [0.717, 1.165) is 17.0 Å². The Hall–Kier alpha value is -1.92. The van der Waals surface area contributed by atoms with E-state index in [1.165, 1.54) is 11.8 Å². The van der Waals surface area contributed by atoms with Crippen molar-refractivity contribution in [3.63, 3.8) is 0 Å². The number of nitrogens with two attached hydrogens (primary N) is 1. The van der Waals surface area contributed by atoms with Crippen LogP contribution in [-0.4, -0.2) is 21.6 Å². The van der Waals surface area contributed by atoms with Crippen LogP contribution in [0.1, 0.15) is 22.9 Å². The van der Waals surface area contributed by atoms with Crippen LogP contribution in [0.5, 0.6) is 0 Å². The molecule has 0 radical (unpaired) electrons. The van der Waals surface area contributed by atoms with Crippen LogP contribution in [0.15, 0.2) is 41.6 Å². The van der Waals surface area contributed by atoms with Gasteiger partial charge in [-0.2, -0.15) is 0 Å². The molecule has 0 bridgehead atoms. The van der Waals surface area contributed by atoms with Crippen LogP contribution >= 0.6 is 11.8 Å². The molecule has 0 aliphatic carbocycles. The molecule has 110 valence electrons. The fraction of sp³-hybridized carbons (Fsp3) is 0.267. The number of hydrogen-bond donors (Lipinski definition) is 2. The minimum Gasteiger partial charge on any atom is -0.294 e. The molecule has 0 saturated heterocycles. The van der Waals surface area contributed by atoms with Gasteiger partial charge in [0.05, 0.1) is 5.92 Å². The minimum atomic E-state index is -0.328. The maximum absolute atomic E-state index is 12.0. The summed E-state index contributed by atoms with van der Waals surface area (Å²) in [4.78, 5) is 20.7. The SMILES string of the molecule is Cc1cc(C)nc(SCC(C(=O)NN)c2ccccc2)n1. The van der Waals surface area contributed by atoms with Crippen LogP contribution in [0.4, 0.5) is 0 Å². The van der Waals surface area contributed by atoms with Crippen molar-refractivity contribution in [2.75, 3.05) is 5.75 Å². The molecular formula is C15H18N4OS. The average molecular weight is 302 g/mol. The van der Waals surface area contributed by atoms with Crippen molar-refractivity contribution in [2.24, 2.45) is 5.84 Å². The summed E-state index contributed by atoms with van der Waals surface area (Å²) in [6.07, 6.45) is 0. The summed E-state index contributed by atoms with van der Waals surface area (Å²) in [5, 5.41) is 0.679. The highest BCUT2D eigenvalue weighted by Gasteiger charge is 2.20. The Balaban J connectivity index is 2.14. The highest BCUT2D eigenvalue weighted by Crippen LogP contribution is 2.24. The van der Waals surface area contributed by atoms with Crippen LogP contribution in [-0.2, 0) is 4.79 Å². The summed E-state index contributed by atoms with van der Waals surface area (Å²) in [6.45, 7) is 3.86. The first-order valence-corrected chi connectivity index (χ1v) is 7.59. The molecule has 0 aliphatic heterocycles. The highest BCUT2D eigenvalue weighted by molar-refractivity contribution is 7.99. The monoisotopic (exact) mass is 302 g/mol. The summed E-state index contributed by atoms with van der Waals surface area (Å²) >= 11 is 1.46. The molecule has 1 aromatic heterocycles. The summed E-state index contributed by atoms with van der Waals surface area (Å²) < 4.78 is 0. The second-order valence-electron chi connectivity index (χ2n) is 4.72.